The summed E-state index contributed by atoms with van der Waals surface area (Å²) in [4.78, 5) is 11.9. The van der Waals surface area contributed by atoms with Crippen LogP contribution in [0.3, 0.4) is 0 Å². The first-order valence-electron chi connectivity index (χ1n) is 5.40. The zero-order valence-electron chi connectivity index (χ0n) is 9.09. The molecule has 1 nitrogen and oxygen atoms in total. The van der Waals surface area contributed by atoms with Crippen LogP contribution in [0.25, 0.3) is 21.2 Å². The third-order valence-corrected chi connectivity index (χ3v) is 3.88. The fraction of sp³-hybridized carbons (Fsp3) is 0. The number of carbonyl (C=O) groups is 1. The highest BCUT2D eigenvalue weighted by Crippen LogP contribution is 2.34. The summed E-state index contributed by atoms with van der Waals surface area (Å²) in [7, 11) is 0. The van der Waals surface area contributed by atoms with E-state index in [1.54, 1.807) is 11.3 Å². The maximum atomic E-state index is 10.6. The van der Waals surface area contributed by atoms with Crippen molar-refractivity contribution in [1.82, 2.24) is 0 Å². The number of aldehydes is 1. The first-order chi connectivity index (χ1) is 8.38. The number of carbonyl (C=O) groups excluding carboxylic acids is 1. The average molecular weight is 238 g/mol. The maximum absolute atomic E-state index is 10.6. The topological polar surface area (TPSA) is 17.1 Å². The van der Waals surface area contributed by atoms with Gasteiger partial charge in [0, 0.05) is 15.8 Å². The van der Waals surface area contributed by atoms with Crippen molar-refractivity contribution < 1.29 is 4.79 Å². The Hall–Kier alpha value is -1.93. The van der Waals surface area contributed by atoms with Crippen molar-refractivity contribution in [3.8, 4) is 10.4 Å². The highest BCUT2D eigenvalue weighted by atomic mass is 32.1. The molecule has 0 bridgehead atoms. The van der Waals surface area contributed by atoms with Gasteiger partial charge in [-0.15, -0.1) is 11.3 Å². The minimum absolute atomic E-state index is 0.717. The molecule has 0 amide bonds. The van der Waals surface area contributed by atoms with Gasteiger partial charge in [-0.25, -0.2) is 0 Å². The molecule has 3 aromatic rings. The molecule has 82 valence electrons. The van der Waals surface area contributed by atoms with Gasteiger partial charge in [-0.3, -0.25) is 4.79 Å². The van der Waals surface area contributed by atoms with Crippen molar-refractivity contribution in [3.05, 3.63) is 59.5 Å². The van der Waals surface area contributed by atoms with Crippen molar-refractivity contribution >= 4 is 28.4 Å². The van der Waals surface area contributed by atoms with Gasteiger partial charge in [0.1, 0.15) is 6.29 Å². The van der Waals surface area contributed by atoms with E-state index in [1.165, 1.54) is 21.2 Å². The molecule has 2 heteroatoms. The molecule has 1 aromatic heterocycles. The van der Waals surface area contributed by atoms with Crippen molar-refractivity contribution in [3.63, 3.8) is 0 Å². The van der Waals surface area contributed by atoms with Crippen LogP contribution in [0.2, 0.25) is 0 Å². The van der Waals surface area contributed by atoms with Gasteiger partial charge in [0.15, 0.2) is 0 Å². The van der Waals surface area contributed by atoms with Crippen LogP contribution in [0.4, 0.5) is 0 Å². The summed E-state index contributed by atoms with van der Waals surface area (Å²) in [5.74, 6) is 0. The number of hydrogen-bond acceptors (Lipinski definition) is 2. The van der Waals surface area contributed by atoms with E-state index in [4.69, 9.17) is 0 Å². The molecule has 0 aliphatic heterocycles. The summed E-state index contributed by atoms with van der Waals surface area (Å²) in [6.07, 6.45) is 0.871. The van der Waals surface area contributed by atoms with E-state index in [1.807, 2.05) is 30.3 Å². The lowest BCUT2D eigenvalue weighted by Gasteiger charge is -1.99. The Kier molecular flexibility index (Phi) is 2.50. The molecule has 3 rings (SSSR count). The lowest BCUT2D eigenvalue weighted by atomic mass is 10.1. The van der Waals surface area contributed by atoms with Gasteiger partial charge in [0.05, 0.1) is 0 Å². The van der Waals surface area contributed by atoms with Crippen LogP contribution in [0.5, 0.6) is 0 Å². The van der Waals surface area contributed by atoms with Gasteiger partial charge < -0.3 is 0 Å². The second kappa shape index (κ2) is 4.15. The van der Waals surface area contributed by atoms with Crippen molar-refractivity contribution in [1.29, 1.82) is 0 Å². The van der Waals surface area contributed by atoms with E-state index in [2.05, 4.69) is 23.6 Å². The Morgan fingerprint density at radius 2 is 1.71 bits per heavy atom. The molecule has 1 heterocycles. The van der Waals surface area contributed by atoms with Crippen molar-refractivity contribution in [2.75, 3.05) is 0 Å². The predicted octanol–water partition coefficient (Wildman–Crippen LogP) is 4.38. The van der Waals surface area contributed by atoms with E-state index < -0.39 is 0 Å². The van der Waals surface area contributed by atoms with E-state index in [0.717, 1.165) is 11.8 Å². The summed E-state index contributed by atoms with van der Waals surface area (Å²) in [6, 6.07) is 16.1. The number of fused-ring (bicyclic) bond motifs is 1. The molecular weight excluding hydrogens is 228 g/mol. The first kappa shape index (κ1) is 10.2. The lowest BCUT2D eigenvalue weighted by molar-refractivity contribution is 0.112. The highest BCUT2D eigenvalue weighted by molar-refractivity contribution is 7.15. The first-order valence-corrected chi connectivity index (χ1v) is 6.28. The largest absolute Gasteiger partial charge is 0.298 e. The fourth-order valence-corrected chi connectivity index (χ4v) is 2.96. The Morgan fingerprint density at radius 1 is 0.941 bits per heavy atom. The summed E-state index contributed by atoms with van der Waals surface area (Å²) < 4.78 is 0. The van der Waals surface area contributed by atoms with Gasteiger partial charge in [0.25, 0.3) is 0 Å². The summed E-state index contributed by atoms with van der Waals surface area (Å²) in [5, 5.41) is 4.71. The quantitative estimate of drug-likeness (QED) is 0.605. The summed E-state index contributed by atoms with van der Waals surface area (Å²) in [6.45, 7) is 0. The molecular formula is C15H10OS. The molecule has 0 spiro atoms. The zero-order valence-corrected chi connectivity index (χ0v) is 9.91. The molecule has 0 unspecified atom stereocenters. The third-order valence-electron chi connectivity index (χ3n) is 2.82. The van der Waals surface area contributed by atoms with E-state index in [0.29, 0.717) is 0 Å². The molecule has 0 fully saturated rings. The summed E-state index contributed by atoms with van der Waals surface area (Å²) >= 11 is 1.74. The van der Waals surface area contributed by atoms with Crippen LogP contribution < -0.4 is 0 Å². The van der Waals surface area contributed by atoms with Crippen LogP contribution in [0.1, 0.15) is 10.4 Å². The minimum Gasteiger partial charge on any atom is -0.298 e. The molecule has 0 atom stereocenters. The van der Waals surface area contributed by atoms with Gasteiger partial charge >= 0.3 is 0 Å². The standard InChI is InChI=1S/C15H10OS/c16-9-11-5-7-12(8-6-11)15-14-4-2-1-3-13(14)10-17-15/h1-10H. The molecule has 2 aromatic carbocycles. The van der Waals surface area contributed by atoms with E-state index >= 15 is 0 Å². The van der Waals surface area contributed by atoms with Crippen molar-refractivity contribution in [2.24, 2.45) is 0 Å². The number of hydrogen-bond donors (Lipinski definition) is 0. The molecule has 0 aliphatic rings. The molecule has 17 heavy (non-hydrogen) atoms. The Morgan fingerprint density at radius 3 is 2.47 bits per heavy atom. The average Bonchev–Trinajstić information content (AvgIpc) is 2.83. The Labute approximate surface area is 103 Å². The predicted molar refractivity (Wildman–Crippen MR) is 72.6 cm³/mol. The van der Waals surface area contributed by atoms with Gasteiger partial charge in [-0.2, -0.15) is 0 Å². The van der Waals surface area contributed by atoms with Crippen LogP contribution in [0.15, 0.2) is 53.9 Å². The second-order valence-electron chi connectivity index (χ2n) is 3.89. The Bertz CT molecular complexity index is 665. The number of benzene rings is 2. The number of rotatable bonds is 2. The molecule has 0 aliphatic carbocycles. The van der Waals surface area contributed by atoms with Crippen LogP contribution >= 0.6 is 11.3 Å². The highest BCUT2D eigenvalue weighted by Gasteiger charge is 2.05. The third kappa shape index (κ3) is 1.77. The van der Waals surface area contributed by atoms with Crippen LogP contribution in [-0.2, 0) is 0 Å². The lowest BCUT2D eigenvalue weighted by Crippen LogP contribution is -1.79. The summed E-state index contributed by atoms with van der Waals surface area (Å²) in [5.41, 5.74) is 1.89. The van der Waals surface area contributed by atoms with Crippen LogP contribution in [-0.4, -0.2) is 6.29 Å². The SMILES string of the molecule is O=Cc1ccc(-c2scc3ccccc23)cc1. The van der Waals surface area contributed by atoms with Gasteiger partial charge in [-0.05, 0) is 16.3 Å². The second-order valence-corrected chi connectivity index (χ2v) is 4.77. The molecule has 0 saturated carbocycles. The number of thiophene rings is 1. The monoisotopic (exact) mass is 238 g/mol. The smallest absolute Gasteiger partial charge is 0.150 e. The molecule has 0 radical (unpaired) electrons. The fourth-order valence-electron chi connectivity index (χ4n) is 1.93. The Balaban J connectivity index is 2.16. The maximum Gasteiger partial charge on any atom is 0.150 e. The molecule has 0 saturated heterocycles. The zero-order chi connectivity index (χ0) is 11.7. The van der Waals surface area contributed by atoms with Crippen LogP contribution in [0, 0.1) is 0 Å². The van der Waals surface area contributed by atoms with Gasteiger partial charge in [-0.1, -0.05) is 48.5 Å². The van der Waals surface area contributed by atoms with E-state index in [9.17, 15) is 4.79 Å². The minimum atomic E-state index is 0.717. The normalized spacial score (nSPS) is 10.6. The van der Waals surface area contributed by atoms with Gasteiger partial charge in [0.2, 0.25) is 0 Å². The molecule has 0 N–H and O–H groups in total. The van der Waals surface area contributed by atoms with Crippen molar-refractivity contribution in [2.45, 2.75) is 0 Å². The van der Waals surface area contributed by atoms with E-state index in [-0.39, 0.29) is 0 Å².